The van der Waals surface area contributed by atoms with Crippen molar-refractivity contribution in [1.29, 1.82) is 0 Å². The molecule has 0 aromatic carbocycles. The SMILES string of the molecule is C[C@@H]1CN(C(=O)CCCN)C[C@@H](c2ccsc2)O1. The Morgan fingerprint density at radius 3 is 3.11 bits per heavy atom. The number of amides is 1. The number of hydrogen-bond acceptors (Lipinski definition) is 4. The molecule has 1 aromatic heterocycles. The lowest BCUT2D eigenvalue weighted by molar-refractivity contribution is -0.144. The van der Waals surface area contributed by atoms with Crippen LogP contribution < -0.4 is 5.73 Å². The van der Waals surface area contributed by atoms with Crippen molar-refractivity contribution in [2.75, 3.05) is 19.6 Å². The molecular weight excluding hydrogens is 248 g/mol. The molecule has 2 rings (SSSR count). The maximum atomic E-state index is 12.0. The highest BCUT2D eigenvalue weighted by atomic mass is 32.1. The third-order valence-corrected chi connectivity index (χ3v) is 3.82. The molecule has 2 N–H and O–H groups in total. The van der Waals surface area contributed by atoms with Gasteiger partial charge in [0.25, 0.3) is 0 Å². The summed E-state index contributed by atoms with van der Waals surface area (Å²) in [6.45, 7) is 3.93. The maximum Gasteiger partial charge on any atom is 0.222 e. The van der Waals surface area contributed by atoms with Gasteiger partial charge in [0.15, 0.2) is 0 Å². The van der Waals surface area contributed by atoms with E-state index < -0.39 is 0 Å². The van der Waals surface area contributed by atoms with Crippen molar-refractivity contribution in [3.05, 3.63) is 22.4 Å². The summed E-state index contributed by atoms with van der Waals surface area (Å²) in [5.74, 6) is 0.191. The molecule has 0 spiro atoms. The van der Waals surface area contributed by atoms with Crippen LogP contribution in [-0.2, 0) is 9.53 Å². The topological polar surface area (TPSA) is 55.6 Å². The minimum Gasteiger partial charge on any atom is -0.367 e. The molecule has 2 atom stereocenters. The number of hydrogen-bond donors (Lipinski definition) is 1. The van der Waals surface area contributed by atoms with Gasteiger partial charge in [0.2, 0.25) is 5.91 Å². The molecule has 5 heteroatoms. The molecule has 1 aliphatic rings. The lowest BCUT2D eigenvalue weighted by atomic mass is 10.1. The summed E-state index contributed by atoms with van der Waals surface area (Å²) in [6, 6.07) is 2.07. The average Bonchev–Trinajstić information content (AvgIpc) is 2.89. The van der Waals surface area contributed by atoms with Crippen LogP contribution in [0.1, 0.15) is 31.4 Å². The minimum absolute atomic E-state index is 0.0156. The molecule has 1 aliphatic heterocycles. The number of carbonyl (C=O) groups excluding carboxylic acids is 1. The lowest BCUT2D eigenvalue weighted by Gasteiger charge is -2.36. The molecule has 4 nitrogen and oxygen atoms in total. The predicted molar refractivity (Wildman–Crippen MR) is 72.5 cm³/mol. The van der Waals surface area contributed by atoms with Crippen molar-refractivity contribution in [2.24, 2.45) is 5.73 Å². The molecule has 1 saturated heterocycles. The van der Waals surface area contributed by atoms with Crippen LogP contribution in [0.5, 0.6) is 0 Å². The van der Waals surface area contributed by atoms with Gasteiger partial charge in [0, 0.05) is 13.0 Å². The van der Waals surface area contributed by atoms with E-state index in [1.54, 1.807) is 11.3 Å². The maximum absolute atomic E-state index is 12.0. The summed E-state index contributed by atoms with van der Waals surface area (Å²) >= 11 is 1.66. The van der Waals surface area contributed by atoms with E-state index in [0.29, 0.717) is 26.1 Å². The van der Waals surface area contributed by atoms with Gasteiger partial charge < -0.3 is 15.4 Å². The fraction of sp³-hybridized carbons (Fsp3) is 0.615. The smallest absolute Gasteiger partial charge is 0.222 e. The molecule has 0 saturated carbocycles. The molecule has 1 aromatic rings. The number of carbonyl (C=O) groups is 1. The van der Waals surface area contributed by atoms with Crippen molar-refractivity contribution in [2.45, 2.75) is 32.0 Å². The van der Waals surface area contributed by atoms with Crippen LogP contribution in [0, 0.1) is 0 Å². The summed E-state index contributed by atoms with van der Waals surface area (Å²) in [7, 11) is 0. The van der Waals surface area contributed by atoms with Gasteiger partial charge in [-0.2, -0.15) is 11.3 Å². The van der Waals surface area contributed by atoms with Gasteiger partial charge in [-0.05, 0) is 42.3 Å². The zero-order chi connectivity index (χ0) is 13.0. The number of ether oxygens (including phenoxy) is 1. The Morgan fingerprint density at radius 1 is 1.61 bits per heavy atom. The number of morpholine rings is 1. The van der Waals surface area contributed by atoms with Gasteiger partial charge in [0.1, 0.15) is 6.10 Å². The van der Waals surface area contributed by atoms with Crippen molar-refractivity contribution >= 4 is 17.2 Å². The fourth-order valence-corrected chi connectivity index (χ4v) is 2.91. The van der Waals surface area contributed by atoms with Crippen molar-refractivity contribution in [3.8, 4) is 0 Å². The third kappa shape index (κ3) is 3.31. The van der Waals surface area contributed by atoms with Gasteiger partial charge in [-0.3, -0.25) is 4.79 Å². The first-order valence-electron chi connectivity index (χ1n) is 6.36. The second-order valence-electron chi connectivity index (χ2n) is 4.68. The Labute approximate surface area is 112 Å². The lowest BCUT2D eigenvalue weighted by Crippen LogP contribution is -2.45. The van der Waals surface area contributed by atoms with Crippen molar-refractivity contribution in [3.63, 3.8) is 0 Å². The zero-order valence-corrected chi connectivity index (χ0v) is 11.5. The van der Waals surface area contributed by atoms with Gasteiger partial charge in [-0.25, -0.2) is 0 Å². The van der Waals surface area contributed by atoms with Crippen LogP contribution >= 0.6 is 11.3 Å². The van der Waals surface area contributed by atoms with Gasteiger partial charge in [-0.15, -0.1) is 0 Å². The van der Waals surface area contributed by atoms with E-state index in [4.69, 9.17) is 10.5 Å². The fourth-order valence-electron chi connectivity index (χ4n) is 2.21. The van der Waals surface area contributed by atoms with E-state index in [2.05, 4.69) is 11.4 Å². The Morgan fingerprint density at radius 2 is 2.44 bits per heavy atom. The van der Waals surface area contributed by atoms with Crippen LogP contribution in [0.15, 0.2) is 16.8 Å². The second-order valence-corrected chi connectivity index (χ2v) is 5.46. The number of thiophene rings is 1. The molecule has 1 amide bonds. The van der Waals surface area contributed by atoms with Crippen LogP contribution in [0.25, 0.3) is 0 Å². The molecule has 0 unspecified atom stereocenters. The van der Waals surface area contributed by atoms with E-state index in [9.17, 15) is 4.79 Å². The highest BCUT2D eigenvalue weighted by Crippen LogP contribution is 2.27. The third-order valence-electron chi connectivity index (χ3n) is 3.12. The van der Waals surface area contributed by atoms with E-state index in [-0.39, 0.29) is 18.1 Å². The summed E-state index contributed by atoms with van der Waals surface area (Å²) < 4.78 is 5.90. The first-order valence-corrected chi connectivity index (χ1v) is 7.30. The summed E-state index contributed by atoms with van der Waals surface area (Å²) in [5, 5.41) is 4.13. The number of nitrogens with two attached hydrogens (primary N) is 1. The van der Waals surface area contributed by atoms with Gasteiger partial charge in [-0.1, -0.05) is 0 Å². The summed E-state index contributed by atoms with van der Waals surface area (Å²) in [4.78, 5) is 13.9. The highest BCUT2D eigenvalue weighted by molar-refractivity contribution is 7.07. The standard InChI is InChI=1S/C13H20N2O2S/c1-10-7-15(13(16)3-2-5-14)8-12(17-10)11-4-6-18-9-11/h4,6,9-10,12H,2-3,5,7-8,14H2,1H3/t10-,12+/m1/s1. The summed E-state index contributed by atoms with van der Waals surface area (Å²) in [5.41, 5.74) is 6.61. The molecule has 0 radical (unpaired) electrons. The first kappa shape index (κ1) is 13.5. The molecule has 2 heterocycles. The molecule has 100 valence electrons. The Kier molecular flexibility index (Phi) is 4.74. The first-order chi connectivity index (χ1) is 8.70. The average molecular weight is 268 g/mol. The zero-order valence-electron chi connectivity index (χ0n) is 10.7. The molecule has 18 heavy (non-hydrogen) atoms. The normalized spacial score (nSPS) is 24.2. The monoisotopic (exact) mass is 268 g/mol. The van der Waals surface area contributed by atoms with E-state index >= 15 is 0 Å². The van der Waals surface area contributed by atoms with Crippen molar-refractivity contribution in [1.82, 2.24) is 4.90 Å². The predicted octanol–water partition coefficient (Wildman–Crippen LogP) is 1.78. The largest absolute Gasteiger partial charge is 0.367 e. The summed E-state index contributed by atoms with van der Waals surface area (Å²) in [6.07, 6.45) is 1.40. The molecule has 0 bridgehead atoms. The van der Waals surface area contributed by atoms with E-state index in [1.165, 1.54) is 5.56 Å². The van der Waals surface area contributed by atoms with E-state index in [1.807, 2.05) is 17.2 Å². The number of rotatable bonds is 4. The Hall–Kier alpha value is -0.910. The van der Waals surface area contributed by atoms with Crippen LogP contribution in [0.3, 0.4) is 0 Å². The van der Waals surface area contributed by atoms with Crippen LogP contribution in [0.2, 0.25) is 0 Å². The molecular formula is C13H20N2O2S. The Bertz CT molecular complexity index is 380. The van der Waals surface area contributed by atoms with E-state index in [0.717, 1.165) is 6.42 Å². The van der Waals surface area contributed by atoms with Gasteiger partial charge >= 0.3 is 0 Å². The molecule has 0 aliphatic carbocycles. The highest BCUT2D eigenvalue weighted by Gasteiger charge is 2.29. The van der Waals surface area contributed by atoms with Gasteiger partial charge in [0.05, 0.1) is 12.6 Å². The Balaban J connectivity index is 1.98. The molecule has 1 fully saturated rings. The quantitative estimate of drug-likeness (QED) is 0.905. The van der Waals surface area contributed by atoms with Crippen molar-refractivity contribution < 1.29 is 9.53 Å². The van der Waals surface area contributed by atoms with Crippen LogP contribution in [-0.4, -0.2) is 36.5 Å². The minimum atomic E-state index is 0.0156. The number of nitrogens with zero attached hydrogens (tertiary/aromatic N) is 1. The second kappa shape index (κ2) is 6.31. The van der Waals surface area contributed by atoms with Crippen LogP contribution in [0.4, 0.5) is 0 Å².